The Labute approximate surface area is 59.0 Å². The lowest BCUT2D eigenvalue weighted by atomic mass is 10.8. The van der Waals surface area contributed by atoms with E-state index in [2.05, 4.69) is 25.6 Å². The van der Waals surface area contributed by atoms with Gasteiger partial charge < -0.3 is 5.40 Å². The Kier molecular flexibility index (Phi) is 3.82. The van der Waals surface area contributed by atoms with Gasteiger partial charge in [-0.1, -0.05) is 25.6 Å². The molecule has 0 unspecified atom stereocenters. The summed E-state index contributed by atoms with van der Waals surface area (Å²) < 4.78 is 0. The van der Waals surface area contributed by atoms with Crippen LogP contribution in [0.3, 0.4) is 0 Å². The third-order valence-electron chi connectivity index (χ3n) is 1.82. The fourth-order valence-corrected chi connectivity index (χ4v) is 2.45. The minimum Gasteiger partial charge on any atom is -0.348 e. The van der Waals surface area contributed by atoms with E-state index in [1.807, 2.05) is 6.92 Å². The van der Waals surface area contributed by atoms with Crippen molar-refractivity contribution in [3.63, 3.8) is 0 Å². The van der Waals surface area contributed by atoms with Gasteiger partial charge in [0, 0.05) is 0 Å². The maximum Gasteiger partial charge on any atom is 0.146 e. The van der Waals surface area contributed by atoms with Crippen LogP contribution in [0.5, 0.6) is 0 Å². The van der Waals surface area contributed by atoms with Gasteiger partial charge in [0.2, 0.25) is 0 Å². The minimum atomic E-state index is -1.38. The molecule has 2 N–H and O–H groups in total. The van der Waals surface area contributed by atoms with Crippen molar-refractivity contribution in [1.29, 1.82) is 0 Å². The number of nitrogens with two attached hydrogens (primary N) is 1. The van der Waals surface area contributed by atoms with E-state index in [4.69, 9.17) is 5.40 Å². The Morgan fingerprint density at radius 1 is 1.33 bits per heavy atom. The van der Waals surface area contributed by atoms with Crippen molar-refractivity contribution in [2.24, 2.45) is 5.40 Å². The summed E-state index contributed by atoms with van der Waals surface area (Å²) in [5.41, 5.74) is 2.22. The van der Waals surface area contributed by atoms with Crippen LogP contribution in [0.4, 0.5) is 0 Å². The molecule has 54 valence electrons. The van der Waals surface area contributed by atoms with Crippen molar-refractivity contribution in [3.05, 3.63) is 11.8 Å². The molecule has 0 aliphatic heterocycles. The van der Waals surface area contributed by atoms with Crippen LogP contribution in [0.15, 0.2) is 11.8 Å². The first-order valence-corrected chi connectivity index (χ1v) is 6.18. The van der Waals surface area contributed by atoms with Crippen molar-refractivity contribution in [1.82, 2.24) is 0 Å². The lowest BCUT2D eigenvalue weighted by Crippen LogP contribution is -2.41. The normalized spacial score (nSPS) is 12.9. The largest absolute Gasteiger partial charge is 0.348 e. The summed E-state index contributed by atoms with van der Waals surface area (Å²) in [6.07, 6.45) is 2.08. The van der Waals surface area contributed by atoms with Crippen LogP contribution in [-0.4, -0.2) is 8.24 Å². The quantitative estimate of drug-likeness (QED) is 0.601. The molecule has 0 heterocycles. The second-order valence-electron chi connectivity index (χ2n) is 2.44. The summed E-state index contributed by atoms with van der Waals surface area (Å²) >= 11 is 0. The molecule has 0 saturated carbocycles. The molecular weight excluding hydrogens is 126 g/mol. The van der Waals surface area contributed by atoms with Gasteiger partial charge in [0.05, 0.1) is 0 Å². The average molecular weight is 143 g/mol. The molecule has 0 amide bonds. The summed E-state index contributed by atoms with van der Waals surface area (Å²) in [7, 11) is -1.38. The van der Waals surface area contributed by atoms with Gasteiger partial charge in [0.25, 0.3) is 0 Å². The standard InChI is InChI=1S/C7H17NSi/c1-4-7-9(8,5-2)6-3/h4,7H,5-6,8H2,1-3H3. The number of hydrogen-bond donors (Lipinski definition) is 1. The van der Waals surface area contributed by atoms with Gasteiger partial charge in [0.1, 0.15) is 8.24 Å². The number of rotatable bonds is 3. The van der Waals surface area contributed by atoms with E-state index in [1.165, 1.54) is 0 Å². The van der Waals surface area contributed by atoms with Crippen LogP contribution >= 0.6 is 0 Å². The minimum absolute atomic E-state index is 1.16. The van der Waals surface area contributed by atoms with Gasteiger partial charge in [-0.2, -0.15) is 0 Å². The van der Waals surface area contributed by atoms with Crippen molar-refractivity contribution in [3.8, 4) is 0 Å². The Bertz CT molecular complexity index is 95.1. The highest BCUT2D eigenvalue weighted by molar-refractivity contribution is 6.81. The Balaban J connectivity index is 3.92. The van der Waals surface area contributed by atoms with Crippen molar-refractivity contribution in [2.75, 3.05) is 0 Å². The lowest BCUT2D eigenvalue weighted by molar-refractivity contribution is 1.24. The van der Waals surface area contributed by atoms with E-state index in [9.17, 15) is 0 Å². The summed E-state index contributed by atoms with van der Waals surface area (Å²) in [4.78, 5) is 0. The average Bonchev–Trinajstić information content (AvgIpc) is 1.89. The van der Waals surface area contributed by atoms with Crippen molar-refractivity contribution >= 4 is 8.24 Å². The Hall–Kier alpha value is -0.0831. The maximum atomic E-state index is 6.06. The van der Waals surface area contributed by atoms with E-state index >= 15 is 0 Å². The van der Waals surface area contributed by atoms with Gasteiger partial charge in [-0.3, -0.25) is 0 Å². The zero-order valence-corrected chi connectivity index (χ0v) is 7.65. The Morgan fingerprint density at radius 2 is 1.78 bits per heavy atom. The van der Waals surface area contributed by atoms with Gasteiger partial charge in [-0.15, -0.1) is 0 Å². The molecule has 1 nitrogen and oxygen atoms in total. The van der Waals surface area contributed by atoms with Crippen LogP contribution in [0.2, 0.25) is 12.1 Å². The first-order valence-electron chi connectivity index (χ1n) is 3.61. The highest BCUT2D eigenvalue weighted by Gasteiger charge is 2.18. The molecule has 9 heavy (non-hydrogen) atoms. The predicted octanol–water partition coefficient (Wildman–Crippen LogP) is 2.05. The molecule has 0 aromatic heterocycles. The first kappa shape index (κ1) is 8.92. The third kappa shape index (κ3) is 2.82. The molecule has 2 heteroatoms. The summed E-state index contributed by atoms with van der Waals surface area (Å²) in [6, 6.07) is 2.32. The maximum absolute atomic E-state index is 6.06. The van der Waals surface area contributed by atoms with Crippen molar-refractivity contribution in [2.45, 2.75) is 32.9 Å². The smallest absolute Gasteiger partial charge is 0.146 e. The topological polar surface area (TPSA) is 26.0 Å². The second-order valence-corrected chi connectivity index (χ2v) is 6.65. The molecule has 0 atom stereocenters. The van der Waals surface area contributed by atoms with E-state index in [1.54, 1.807) is 0 Å². The fraction of sp³-hybridized carbons (Fsp3) is 0.714. The third-order valence-corrected chi connectivity index (χ3v) is 5.45. The monoisotopic (exact) mass is 143 g/mol. The molecule has 0 saturated heterocycles. The zero-order chi connectivity index (χ0) is 7.33. The van der Waals surface area contributed by atoms with Crippen LogP contribution in [0.25, 0.3) is 0 Å². The lowest BCUT2D eigenvalue weighted by Gasteiger charge is -2.17. The molecule has 0 spiro atoms. The SMILES string of the molecule is CC=C[Si](N)(CC)CC. The highest BCUT2D eigenvalue weighted by atomic mass is 28.3. The number of hydrogen-bond acceptors (Lipinski definition) is 1. The summed E-state index contributed by atoms with van der Waals surface area (Å²) in [6.45, 7) is 6.39. The van der Waals surface area contributed by atoms with Gasteiger partial charge in [-0.05, 0) is 19.0 Å². The fourth-order valence-electron chi connectivity index (χ4n) is 0.818. The van der Waals surface area contributed by atoms with Gasteiger partial charge in [0.15, 0.2) is 0 Å². The highest BCUT2D eigenvalue weighted by Crippen LogP contribution is 2.08. The molecule has 0 aromatic carbocycles. The van der Waals surface area contributed by atoms with Crippen LogP contribution < -0.4 is 5.40 Å². The van der Waals surface area contributed by atoms with Crippen molar-refractivity contribution < 1.29 is 0 Å². The van der Waals surface area contributed by atoms with Crippen LogP contribution in [-0.2, 0) is 0 Å². The van der Waals surface area contributed by atoms with E-state index < -0.39 is 8.24 Å². The van der Waals surface area contributed by atoms with Gasteiger partial charge >= 0.3 is 0 Å². The number of allylic oxidation sites excluding steroid dienone is 1. The molecule has 0 rings (SSSR count). The summed E-state index contributed by atoms with van der Waals surface area (Å²) in [5, 5.41) is 6.06. The van der Waals surface area contributed by atoms with Crippen LogP contribution in [0.1, 0.15) is 20.8 Å². The molecule has 0 aliphatic rings. The predicted molar refractivity (Wildman–Crippen MR) is 45.7 cm³/mol. The van der Waals surface area contributed by atoms with Crippen LogP contribution in [0, 0.1) is 0 Å². The molecule has 0 bridgehead atoms. The van der Waals surface area contributed by atoms with E-state index in [0.717, 1.165) is 12.1 Å². The molecule has 0 aliphatic carbocycles. The Morgan fingerprint density at radius 3 is 1.89 bits per heavy atom. The summed E-state index contributed by atoms with van der Waals surface area (Å²) in [5.74, 6) is 0. The molecular formula is C7H17NSi. The molecule has 0 radical (unpaired) electrons. The van der Waals surface area contributed by atoms with E-state index in [0.29, 0.717) is 0 Å². The zero-order valence-electron chi connectivity index (χ0n) is 6.65. The van der Waals surface area contributed by atoms with Gasteiger partial charge in [-0.25, -0.2) is 0 Å². The first-order chi connectivity index (χ1) is 4.18. The molecule has 0 fully saturated rings. The van der Waals surface area contributed by atoms with E-state index in [-0.39, 0.29) is 0 Å². The molecule has 0 aromatic rings. The second kappa shape index (κ2) is 3.85.